The Labute approximate surface area is 275 Å². The molecule has 0 bridgehead atoms. The van der Waals surface area contributed by atoms with E-state index in [1.165, 1.54) is 11.3 Å². The summed E-state index contributed by atoms with van der Waals surface area (Å²) in [4.78, 5) is 14.2. The smallest absolute Gasteiger partial charge is 0.221 e. The van der Waals surface area contributed by atoms with E-state index in [-0.39, 0.29) is 5.41 Å². The van der Waals surface area contributed by atoms with Gasteiger partial charge < -0.3 is 19.3 Å². The molecule has 2 aliphatic heterocycles. The number of para-hydroxylation sites is 4. The van der Waals surface area contributed by atoms with Gasteiger partial charge in [-0.3, -0.25) is 4.98 Å². The van der Waals surface area contributed by atoms with Crippen LogP contribution in [0.3, 0.4) is 0 Å². The van der Waals surface area contributed by atoms with Crippen LogP contribution in [0.2, 0.25) is 0 Å². The second-order valence-electron chi connectivity index (χ2n) is 13.3. The summed E-state index contributed by atoms with van der Waals surface area (Å²) in [5, 5.41) is 0. The molecule has 0 atom stereocenters. The first-order valence-corrected chi connectivity index (χ1v) is 16.0. The molecule has 0 radical (unpaired) electrons. The van der Waals surface area contributed by atoms with Crippen molar-refractivity contribution in [2.75, 3.05) is 23.5 Å². The Kier molecular flexibility index (Phi) is 6.76. The van der Waals surface area contributed by atoms with Gasteiger partial charge in [0.1, 0.15) is 17.2 Å². The van der Waals surface area contributed by atoms with Gasteiger partial charge in [-0.1, -0.05) is 81.4 Å². The number of nitrogens with zero attached hydrogens (tertiary/aromatic N) is 4. The Bertz CT molecular complexity index is 2070. The molecule has 6 nitrogen and oxygen atoms in total. The van der Waals surface area contributed by atoms with Crippen LogP contribution in [0.25, 0.3) is 0 Å². The minimum absolute atomic E-state index is 0.0601. The van der Waals surface area contributed by atoms with Gasteiger partial charge in [0.05, 0.1) is 29.2 Å². The summed E-state index contributed by atoms with van der Waals surface area (Å²) < 4.78 is 13.1. The lowest BCUT2D eigenvalue weighted by Gasteiger charge is -2.41. The Balaban J connectivity index is 1.26. The van der Waals surface area contributed by atoms with Crippen molar-refractivity contribution in [1.82, 2.24) is 9.97 Å². The largest absolute Gasteiger partial charge is 0.457 e. The molecule has 0 N–H and O–H groups in total. The fourth-order valence-electron chi connectivity index (χ4n) is 6.97. The van der Waals surface area contributed by atoms with Crippen LogP contribution >= 0.6 is 0 Å². The second-order valence-corrected chi connectivity index (χ2v) is 13.3. The van der Waals surface area contributed by atoms with Gasteiger partial charge in [0.15, 0.2) is 0 Å². The number of fused-ring (bicyclic) bond motifs is 3. The van der Waals surface area contributed by atoms with E-state index >= 15 is 0 Å². The molecule has 0 aliphatic carbocycles. The third kappa shape index (κ3) is 4.79. The number of aromatic nitrogens is 2. The maximum Gasteiger partial charge on any atom is 0.221 e. The molecule has 232 valence electrons. The zero-order chi connectivity index (χ0) is 32.2. The number of hydrogen-bond acceptors (Lipinski definition) is 6. The molecule has 8 rings (SSSR count). The number of anilines is 3. The fraction of sp³-hybridized carbons (Fsp3) is 0.171. The summed E-state index contributed by atoms with van der Waals surface area (Å²) in [5.41, 5.74) is 7.81. The van der Waals surface area contributed by atoms with Gasteiger partial charge >= 0.3 is 0 Å². The van der Waals surface area contributed by atoms with Gasteiger partial charge in [0.2, 0.25) is 5.88 Å². The quantitative estimate of drug-likeness (QED) is 0.192. The average Bonchev–Trinajstić information content (AvgIpc) is 3.43. The van der Waals surface area contributed by atoms with Crippen molar-refractivity contribution in [2.45, 2.75) is 31.6 Å². The highest BCUT2D eigenvalue weighted by atomic mass is 16.5. The zero-order valence-corrected chi connectivity index (χ0v) is 27.0. The molecule has 2 aromatic heterocycles. The molecular formula is C41H36N4O2. The molecular weight excluding hydrogens is 580 g/mol. The molecule has 0 spiro atoms. The monoisotopic (exact) mass is 616 g/mol. The number of pyridine rings is 2. The topological polar surface area (TPSA) is 50.7 Å². The molecule has 0 amide bonds. The van der Waals surface area contributed by atoms with Crippen LogP contribution in [-0.4, -0.2) is 23.7 Å². The summed E-state index contributed by atoms with van der Waals surface area (Å²) in [6.45, 7) is 7.46. The summed E-state index contributed by atoms with van der Waals surface area (Å²) >= 11 is 0. The van der Waals surface area contributed by atoms with E-state index in [1.807, 2.05) is 54.9 Å². The van der Waals surface area contributed by atoms with E-state index in [2.05, 4.69) is 121 Å². The summed E-state index contributed by atoms with van der Waals surface area (Å²) in [5.74, 6) is 2.84. The summed E-state index contributed by atoms with van der Waals surface area (Å²) in [6, 6.07) is 41.7. The SMILES string of the molecule is CN1CN(c2ccnc(Oc3cccc(C4(c5cc(C(C)(C)C)ccn5)c5ccccc5Oc5ccccc54)c3)c2)c2ccccc21. The highest BCUT2D eigenvalue weighted by molar-refractivity contribution is 5.82. The van der Waals surface area contributed by atoms with Gasteiger partial charge in [-0.25, -0.2) is 4.98 Å². The van der Waals surface area contributed by atoms with Crippen molar-refractivity contribution in [3.05, 3.63) is 162 Å². The third-order valence-corrected chi connectivity index (χ3v) is 9.27. The third-order valence-electron chi connectivity index (χ3n) is 9.27. The molecule has 0 saturated carbocycles. The first-order chi connectivity index (χ1) is 22.8. The first-order valence-electron chi connectivity index (χ1n) is 16.0. The molecule has 4 aromatic carbocycles. The maximum absolute atomic E-state index is 6.56. The highest BCUT2D eigenvalue weighted by Crippen LogP contribution is 2.55. The number of ether oxygens (including phenoxy) is 2. The molecule has 4 heterocycles. The van der Waals surface area contributed by atoms with Gasteiger partial charge in [0.25, 0.3) is 0 Å². The van der Waals surface area contributed by atoms with Crippen LogP contribution in [0.4, 0.5) is 17.1 Å². The first kappa shape index (κ1) is 28.8. The minimum atomic E-state index is -0.759. The van der Waals surface area contributed by atoms with E-state index < -0.39 is 5.41 Å². The van der Waals surface area contributed by atoms with E-state index in [0.717, 1.165) is 51.9 Å². The van der Waals surface area contributed by atoms with E-state index in [0.29, 0.717) is 11.6 Å². The van der Waals surface area contributed by atoms with Crippen molar-refractivity contribution in [1.29, 1.82) is 0 Å². The predicted octanol–water partition coefficient (Wildman–Crippen LogP) is 9.60. The molecule has 47 heavy (non-hydrogen) atoms. The van der Waals surface area contributed by atoms with Crippen molar-refractivity contribution in [3.63, 3.8) is 0 Å². The Hall–Kier alpha value is -5.62. The van der Waals surface area contributed by atoms with Gasteiger partial charge in [0, 0.05) is 42.3 Å². The lowest BCUT2D eigenvalue weighted by Crippen LogP contribution is -2.35. The standard InChI is InChI=1S/C41H36N4O2/c1-40(2,3)28-20-22-42-38(25-28)41(32-14-5-9-18-36(32)47-37-19-10-6-15-33(37)41)29-12-11-13-31(24-29)46-39-26-30(21-23-43-39)45-27-44(4)34-16-7-8-17-35(34)45/h5-26H,27H2,1-4H3. The molecule has 0 saturated heterocycles. The van der Waals surface area contributed by atoms with Crippen molar-refractivity contribution < 1.29 is 9.47 Å². The lowest BCUT2D eigenvalue weighted by atomic mass is 9.65. The summed E-state index contributed by atoms with van der Waals surface area (Å²) in [7, 11) is 2.11. The lowest BCUT2D eigenvalue weighted by molar-refractivity contribution is 0.430. The van der Waals surface area contributed by atoms with Crippen LogP contribution in [0.5, 0.6) is 23.1 Å². The molecule has 2 aliphatic rings. The van der Waals surface area contributed by atoms with Gasteiger partial charge in [-0.2, -0.15) is 0 Å². The zero-order valence-electron chi connectivity index (χ0n) is 27.0. The molecule has 6 heteroatoms. The number of hydrogen-bond donors (Lipinski definition) is 0. The Morgan fingerprint density at radius 2 is 1.38 bits per heavy atom. The fourth-order valence-corrected chi connectivity index (χ4v) is 6.97. The van der Waals surface area contributed by atoms with E-state index in [1.54, 1.807) is 0 Å². The number of benzene rings is 4. The maximum atomic E-state index is 6.56. The van der Waals surface area contributed by atoms with Crippen molar-refractivity contribution in [2.24, 2.45) is 0 Å². The highest BCUT2D eigenvalue weighted by Gasteiger charge is 2.47. The van der Waals surface area contributed by atoms with E-state index in [4.69, 9.17) is 14.5 Å². The van der Waals surface area contributed by atoms with Gasteiger partial charge in [-0.15, -0.1) is 0 Å². The predicted molar refractivity (Wildman–Crippen MR) is 187 cm³/mol. The average molecular weight is 617 g/mol. The van der Waals surface area contributed by atoms with Crippen molar-refractivity contribution in [3.8, 4) is 23.1 Å². The van der Waals surface area contributed by atoms with Crippen LogP contribution in [0.1, 0.15) is 48.7 Å². The molecule has 0 fully saturated rings. The van der Waals surface area contributed by atoms with Crippen LogP contribution < -0.4 is 19.3 Å². The Morgan fingerprint density at radius 3 is 2.13 bits per heavy atom. The van der Waals surface area contributed by atoms with Crippen LogP contribution in [0.15, 0.2) is 134 Å². The van der Waals surface area contributed by atoms with E-state index in [9.17, 15) is 0 Å². The minimum Gasteiger partial charge on any atom is -0.457 e. The van der Waals surface area contributed by atoms with Crippen molar-refractivity contribution >= 4 is 17.1 Å². The molecule has 6 aromatic rings. The normalized spacial score (nSPS) is 14.6. The second kappa shape index (κ2) is 11.0. The van der Waals surface area contributed by atoms with Gasteiger partial charge in [-0.05, 0) is 71.1 Å². The number of rotatable bonds is 5. The Morgan fingerprint density at radius 1 is 0.702 bits per heavy atom. The van der Waals surface area contributed by atoms with Crippen LogP contribution in [-0.2, 0) is 10.8 Å². The summed E-state index contributed by atoms with van der Waals surface area (Å²) in [6.07, 6.45) is 3.74. The molecule has 0 unspecified atom stereocenters. The van der Waals surface area contributed by atoms with Crippen LogP contribution in [0, 0.1) is 0 Å².